The first-order valence-corrected chi connectivity index (χ1v) is 6.56. The number of carbonyl (C=O) groups is 1. The number of carbonyl (C=O) groups excluding carboxylic acids is 1. The van der Waals surface area contributed by atoms with Gasteiger partial charge in [0.25, 0.3) is 5.91 Å². The van der Waals surface area contributed by atoms with Crippen molar-refractivity contribution in [3.05, 3.63) is 52.9 Å². The molecule has 0 fully saturated rings. The van der Waals surface area contributed by atoms with E-state index in [0.717, 1.165) is 11.1 Å². The highest BCUT2D eigenvalue weighted by molar-refractivity contribution is 5.94. The molecule has 108 valence electrons. The molecule has 0 radical (unpaired) electrons. The van der Waals surface area contributed by atoms with Gasteiger partial charge in [-0.2, -0.15) is 0 Å². The predicted molar refractivity (Wildman–Crippen MR) is 79.4 cm³/mol. The molecule has 1 aromatic carbocycles. The summed E-state index contributed by atoms with van der Waals surface area (Å²) in [5, 5.41) is 3.62. The molecule has 2 rings (SSSR count). The Morgan fingerprint density at radius 3 is 2.67 bits per heavy atom. The third-order valence-electron chi connectivity index (χ3n) is 3.04. The maximum atomic E-state index is 12.2. The summed E-state index contributed by atoms with van der Waals surface area (Å²) in [5.74, 6) is 6.18. The maximum Gasteiger partial charge on any atom is 0.259 e. The molecule has 2 N–H and O–H groups in total. The molecule has 0 unspecified atom stereocenters. The second-order valence-electron chi connectivity index (χ2n) is 4.66. The van der Waals surface area contributed by atoms with Crippen molar-refractivity contribution >= 4 is 5.91 Å². The fourth-order valence-corrected chi connectivity index (χ4v) is 1.90. The topological polar surface area (TPSA) is 72.4 Å². The van der Waals surface area contributed by atoms with Gasteiger partial charge in [-0.3, -0.25) is 4.79 Å². The quantitative estimate of drug-likeness (QED) is 0.868. The molecule has 21 heavy (non-hydrogen) atoms. The van der Waals surface area contributed by atoms with Crippen molar-refractivity contribution in [2.75, 3.05) is 13.6 Å². The summed E-state index contributed by atoms with van der Waals surface area (Å²) < 4.78 is 4.92. The number of hydrogen-bond acceptors (Lipinski definition) is 4. The van der Waals surface area contributed by atoms with Crippen molar-refractivity contribution < 1.29 is 9.32 Å². The molecular weight excluding hydrogens is 266 g/mol. The minimum atomic E-state index is -0.110. The summed E-state index contributed by atoms with van der Waals surface area (Å²) in [5.41, 5.74) is 7.76. The fraction of sp³-hybridized carbons (Fsp3) is 0.250. The van der Waals surface area contributed by atoms with E-state index in [0.29, 0.717) is 24.4 Å². The lowest BCUT2D eigenvalue weighted by Crippen LogP contribution is -2.26. The minimum Gasteiger partial charge on any atom is -0.361 e. The average molecular weight is 283 g/mol. The summed E-state index contributed by atoms with van der Waals surface area (Å²) in [6.45, 7) is 2.57. The third kappa shape index (κ3) is 3.71. The Kier molecular flexibility index (Phi) is 4.75. The largest absolute Gasteiger partial charge is 0.361 e. The van der Waals surface area contributed by atoms with E-state index in [1.54, 1.807) is 18.9 Å². The molecule has 5 nitrogen and oxygen atoms in total. The van der Waals surface area contributed by atoms with Crippen LogP contribution >= 0.6 is 0 Å². The SMILES string of the molecule is Cc1oncc1C(=O)N(C)Cc1ccc(C#CCN)cc1. The monoisotopic (exact) mass is 283 g/mol. The number of benzene rings is 1. The van der Waals surface area contributed by atoms with Crippen LogP contribution in [0.25, 0.3) is 0 Å². The van der Waals surface area contributed by atoms with Crippen molar-refractivity contribution in [2.24, 2.45) is 5.73 Å². The zero-order valence-electron chi connectivity index (χ0n) is 12.1. The molecule has 0 spiro atoms. The van der Waals surface area contributed by atoms with Crippen LogP contribution in [0.15, 0.2) is 35.0 Å². The minimum absolute atomic E-state index is 0.110. The Labute approximate surface area is 123 Å². The first kappa shape index (κ1) is 14.8. The molecule has 1 amide bonds. The Morgan fingerprint density at radius 2 is 2.10 bits per heavy atom. The van der Waals surface area contributed by atoms with Crippen molar-refractivity contribution in [1.82, 2.24) is 10.1 Å². The molecule has 0 saturated heterocycles. The van der Waals surface area contributed by atoms with Gasteiger partial charge in [0, 0.05) is 19.2 Å². The van der Waals surface area contributed by atoms with Crippen LogP contribution in [0.3, 0.4) is 0 Å². The van der Waals surface area contributed by atoms with Crippen molar-refractivity contribution in [2.45, 2.75) is 13.5 Å². The average Bonchev–Trinajstić information content (AvgIpc) is 2.92. The Bertz CT molecular complexity index is 678. The Hall–Kier alpha value is -2.58. The lowest BCUT2D eigenvalue weighted by Gasteiger charge is -2.16. The van der Waals surface area contributed by atoms with E-state index >= 15 is 0 Å². The normalized spacial score (nSPS) is 9.86. The fourth-order valence-electron chi connectivity index (χ4n) is 1.90. The van der Waals surface area contributed by atoms with Crippen LogP contribution in [0.5, 0.6) is 0 Å². The molecule has 0 aliphatic rings. The molecule has 1 heterocycles. The summed E-state index contributed by atoms with van der Waals surface area (Å²) in [6, 6.07) is 7.73. The van der Waals surface area contributed by atoms with Crippen LogP contribution in [-0.2, 0) is 6.54 Å². The van der Waals surface area contributed by atoms with Gasteiger partial charge in [-0.25, -0.2) is 0 Å². The van der Waals surface area contributed by atoms with E-state index in [9.17, 15) is 4.79 Å². The van der Waals surface area contributed by atoms with E-state index in [2.05, 4.69) is 17.0 Å². The summed E-state index contributed by atoms with van der Waals surface area (Å²) in [6.07, 6.45) is 1.44. The molecule has 5 heteroatoms. The summed E-state index contributed by atoms with van der Waals surface area (Å²) in [4.78, 5) is 13.9. The molecule has 0 aliphatic carbocycles. The number of nitrogens with two attached hydrogens (primary N) is 1. The van der Waals surface area contributed by atoms with E-state index in [1.807, 2.05) is 24.3 Å². The summed E-state index contributed by atoms with van der Waals surface area (Å²) >= 11 is 0. The first-order valence-electron chi connectivity index (χ1n) is 6.56. The number of nitrogens with zero attached hydrogens (tertiary/aromatic N) is 2. The third-order valence-corrected chi connectivity index (χ3v) is 3.04. The van der Waals surface area contributed by atoms with Crippen LogP contribution in [0.2, 0.25) is 0 Å². The molecule has 1 aromatic heterocycles. The van der Waals surface area contributed by atoms with E-state index in [1.165, 1.54) is 6.20 Å². The number of aromatic nitrogens is 1. The summed E-state index contributed by atoms with van der Waals surface area (Å²) in [7, 11) is 1.75. The van der Waals surface area contributed by atoms with Crippen LogP contribution in [0, 0.1) is 18.8 Å². The van der Waals surface area contributed by atoms with Gasteiger partial charge in [0.1, 0.15) is 11.3 Å². The smallest absolute Gasteiger partial charge is 0.259 e. The van der Waals surface area contributed by atoms with E-state index < -0.39 is 0 Å². The highest BCUT2D eigenvalue weighted by Crippen LogP contribution is 2.12. The number of hydrogen-bond donors (Lipinski definition) is 1. The van der Waals surface area contributed by atoms with Crippen molar-refractivity contribution in [1.29, 1.82) is 0 Å². The lowest BCUT2D eigenvalue weighted by molar-refractivity contribution is 0.0783. The van der Waals surface area contributed by atoms with Gasteiger partial charge >= 0.3 is 0 Å². The molecule has 2 aromatic rings. The van der Waals surface area contributed by atoms with Gasteiger partial charge in [0.05, 0.1) is 12.7 Å². The predicted octanol–water partition coefficient (Wildman–Crippen LogP) is 1.57. The maximum absolute atomic E-state index is 12.2. The zero-order chi connectivity index (χ0) is 15.2. The van der Waals surface area contributed by atoms with Gasteiger partial charge in [0.15, 0.2) is 0 Å². The van der Waals surface area contributed by atoms with Crippen LogP contribution in [0.4, 0.5) is 0 Å². The Balaban J connectivity index is 2.04. The molecule has 0 bridgehead atoms. The van der Waals surface area contributed by atoms with Gasteiger partial charge in [-0.05, 0) is 24.6 Å². The molecule has 0 atom stereocenters. The highest BCUT2D eigenvalue weighted by atomic mass is 16.5. The number of aryl methyl sites for hydroxylation is 1. The number of amides is 1. The van der Waals surface area contributed by atoms with Crippen molar-refractivity contribution in [3.63, 3.8) is 0 Å². The molecular formula is C16H17N3O2. The standard InChI is InChI=1S/C16H17N3O2/c1-12-15(10-18-21-12)16(20)19(2)11-14-7-5-13(6-8-14)4-3-9-17/h5-8,10H,9,11,17H2,1-2H3. The van der Waals surface area contributed by atoms with Gasteiger partial charge in [-0.15, -0.1) is 0 Å². The van der Waals surface area contributed by atoms with E-state index in [-0.39, 0.29) is 5.91 Å². The second kappa shape index (κ2) is 6.73. The van der Waals surface area contributed by atoms with Crippen LogP contribution < -0.4 is 5.73 Å². The van der Waals surface area contributed by atoms with Gasteiger partial charge < -0.3 is 15.2 Å². The zero-order valence-corrected chi connectivity index (χ0v) is 12.1. The molecule has 0 aliphatic heterocycles. The van der Waals surface area contributed by atoms with Crippen LogP contribution in [0.1, 0.15) is 27.2 Å². The van der Waals surface area contributed by atoms with E-state index in [4.69, 9.17) is 10.3 Å². The first-order chi connectivity index (χ1) is 10.1. The van der Waals surface area contributed by atoms with Crippen molar-refractivity contribution in [3.8, 4) is 11.8 Å². The second-order valence-corrected chi connectivity index (χ2v) is 4.66. The molecule has 0 saturated carbocycles. The highest BCUT2D eigenvalue weighted by Gasteiger charge is 2.17. The Morgan fingerprint density at radius 1 is 1.38 bits per heavy atom. The van der Waals surface area contributed by atoms with Crippen LogP contribution in [-0.4, -0.2) is 29.6 Å². The van der Waals surface area contributed by atoms with Gasteiger partial charge in [0.2, 0.25) is 0 Å². The lowest BCUT2D eigenvalue weighted by atomic mass is 10.1. The van der Waals surface area contributed by atoms with Gasteiger partial charge in [-0.1, -0.05) is 29.1 Å². The number of rotatable bonds is 3.